The Morgan fingerprint density at radius 2 is 1.77 bits per heavy atom. The molecule has 1 aliphatic carbocycles. The topological polar surface area (TPSA) is 43.0 Å². The number of nitrogens with zero attached hydrogens (tertiary/aromatic N) is 1. The molecule has 1 aromatic rings. The minimum absolute atomic E-state index is 0.678. The van der Waals surface area contributed by atoms with Crippen LogP contribution in [0.4, 0.5) is 5.69 Å². The predicted molar refractivity (Wildman–Crippen MR) is 88.8 cm³/mol. The molecule has 1 aliphatic rings. The Labute approximate surface area is 133 Å². The van der Waals surface area contributed by atoms with Gasteiger partial charge in [0.1, 0.15) is 5.75 Å². The monoisotopic (exact) mass is 308 g/mol. The van der Waals surface area contributed by atoms with Gasteiger partial charge in [-0.3, -0.25) is 0 Å². The quantitative estimate of drug-likeness (QED) is 0.678. The maximum Gasteiger partial charge on any atom is 0.142 e. The van der Waals surface area contributed by atoms with Crippen LogP contribution in [0.3, 0.4) is 0 Å². The minimum Gasteiger partial charge on any atom is -0.495 e. The fourth-order valence-corrected chi connectivity index (χ4v) is 2.40. The first kappa shape index (κ1) is 17.1. The molecule has 1 aromatic carbocycles. The molecule has 0 saturated heterocycles. The zero-order chi connectivity index (χ0) is 15.8. The molecule has 0 aromatic heterocycles. The summed E-state index contributed by atoms with van der Waals surface area (Å²) in [5.41, 5.74) is 2.35. The maximum absolute atomic E-state index is 5.60. The Kier molecular flexibility index (Phi) is 6.96. The van der Waals surface area contributed by atoms with Gasteiger partial charge < -0.3 is 24.4 Å². The molecule has 0 bridgehead atoms. The van der Waals surface area contributed by atoms with E-state index in [9.17, 15) is 0 Å². The Bertz CT molecular complexity index is 442. The highest BCUT2D eigenvalue weighted by Crippen LogP contribution is 2.29. The van der Waals surface area contributed by atoms with Crippen molar-refractivity contribution >= 4 is 5.69 Å². The van der Waals surface area contributed by atoms with Crippen molar-refractivity contribution in [1.82, 2.24) is 5.32 Å². The molecule has 5 heteroatoms. The zero-order valence-corrected chi connectivity index (χ0v) is 13.9. The summed E-state index contributed by atoms with van der Waals surface area (Å²) in [7, 11) is 5.17. The predicted octanol–water partition coefficient (Wildman–Crippen LogP) is 2.05. The third-order valence-electron chi connectivity index (χ3n) is 3.89. The number of hydrogen-bond acceptors (Lipinski definition) is 5. The van der Waals surface area contributed by atoms with Crippen LogP contribution in [-0.4, -0.2) is 53.7 Å². The van der Waals surface area contributed by atoms with Crippen LogP contribution in [-0.2, 0) is 16.0 Å². The van der Waals surface area contributed by atoms with Crippen molar-refractivity contribution in [2.45, 2.75) is 25.4 Å². The molecule has 5 nitrogen and oxygen atoms in total. The van der Waals surface area contributed by atoms with Crippen molar-refractivity contribution in [2.24, 2.45) is 0 Å². The molecule has 0 amide bonds. The summed E-state index contributed by atoms with van der Waals surface area (Å²) in [6, 6.07) is 7.14. The van der Waals surface area contributed by atoms with Crippen molar-refractivity contribution in [1.29, 1.82) is 0 Å². The first-order valence-corrected chi connectivity index (χ1v) is 7.91. The van der Waals surface area contributed by atoms with Crippen LogP contribution in [0.25, 0.3) is 0 Å². The van der Waals surface area contributed by atoms with E-state index in [-0.39, 0.29) is 0 Å². The molecule has 2 rings (SSSR count). The number of nitrogens with one attached hydrogen (secondary N) is 1. The molecule has 1 saturated carbocycles. The van der Waals surface area contributed by atoms with Gasteiger partial charge in [0.05, 0.1) is 26.0 Å². The van der Waals surface area contributed by atoms with Crippen molar-refractivity contribution in [3.63, 3.8) is 0 Å². The van der Waals surface area contributed by atoms with Crippen LogP contribution in [0.2, 0.25) is 0 Å². The van der Waals surface area contributed by atoms with Crippen LogP contribution in [0.1, 0.15) is 18.4 Å². The summed E-state index contributed by atoms with van der Waals surface area (Å²) in [5, 5.41) is 3.53. The highest BCUT2D eigenvalue weighted by molar-refractivity contribution is 5.60. The summed E-state index contributed by atoms with van der Waals surface area (Å²) in [5.74, 6) is 0.905. The lowest BCUT2D eigenvalue weighted by Crippen LogP contribution is -2.31. The van der Waals surface area contributed by atoms with Crippen molar-refractivity contribution in [2.75, 3.05) is 52.5 Å². The third kappa shape index (κ3) is 5.16. The summed E-state index contributed by atoms with van der Waals surface area (Å²) in [6.07, 6.45) is 2.61. The Balaban J connectivity index is 2.07. The van der Waals surface area contributed by atoms with Gasteiger partial charge in [0.15, 0.2) is 0 Å². The molecular formula is C17H28N2O3. The van der Waals surface area contributed by atoms with Gasteiger partial charge in [0.2, 0.25) is 0 Å². The number of rotatable bonds is 11. The molecular weight excluding hydrogens is 280 g/mol. The summed E-state index contributed by atoms with van der Waals surface area (Å²) >= 11 is 0. The van der Waals surface area contributed by atoms with E-state index in [4.69, 9.17) is 14.2 Å². The Morgan fingerprint density at radius 3 is 2.32 bits per heavy atom. The highest BCUT2D eigenvalue weighted by atomic mass is 16.5. The molecule has 22 heavy (non-hydrogen) atoms. The van der Waals surface area contributed by atoms with Crippen LogP contribution in [0.15, 0.2) is 18.2 Å². The largest absolute Gasteiger partial charge is 0.495 e. The molecule has 0 unspecified atom stereocenters. The van der Waals surface area contributed by atoms with Crippen LogP contribution in [0, 0.1) is 0 Å². The average Bonchev–Trinajstić information content (AvgIpc) is 3.37. The molecule has 124 valence electrons. The van der Waals surface area contributed by atoms with Gasteiger partial charge in [-0.1, -0.05) is 6.07 Å². The summed E-state index contributed by atoms with van der Waals surface area (Å²) < 4.78 is 16.0. The normalized spacial score (nSPS) is 14.1. The highest BCUT2D eigenvalue weighted by Gasteiger charge is 2.20. The van der Waals surface area contributed by atoms with Gasteiger partial charge in [-0.25, -0.2) is 0 Å². The fourth-order valence-electron chi connectivity index (χ4n) is 2.40. The van der Waals surface area contributed by atoms with E-state index in [0.29, 0.717) is 19.3 Å². The molecule has 0 atom stereocenters. The first-order valence-electron chi connectivity index (χ1n) is 7.91. The third-order valence-corrected chi connectivity index (χ3v) is 3.89. The van der Waals surface area contributed by atoms with Crippen LogP contribution < -0.4 is 15.0 Å². The lowest BCUT2D eigenvalue weighted by molar-refractivity contribution is 0.190. The standard InChI is InChI=1S/C17H28N2O3/c1-20-10-8-19(9-11-21-2)16-7-4-14(12-17(16)22-3)13-18-15-5-6-15/h4,7,12,15,18H,5-6,8-11,13H2,1-3H3. The second-order valence-electron chi connectivity index (χ2n) is 5.63. The fraction of sp³-hybridized carbons (Fsp3) is 0.647. The van der Waals surface area contributed by atoms with Gasteiger partial charge in [-0.15, -0.1) is 0 Å². The average molecular weight is 308 g/mol. The van der Waals surface area contributed by atoms with Gasteiger partial charge in [-0.2, -0.15) is 0 Å². The summed E-state index contributed by atoms with van der Waals surface area (Å²) in [4.78, 5) is 2.24. The van der Waals surface area contributed by atoms with E-state index in [1.54, 1.807) is 21.3 Å². The van der Waals surface area contributed by atoms with Gasteiger partial charge >= 0.3 is 0 Å². The smallest absolute Gasteiger partial charge is 0.142 e. The molecule has 1 fully saturated rings. The van der Waals surface area contributed by atoms with E-state index < -0.39 is 0 Å². The number of ether oxygens (including phenoxy) is 3. The Hall–Kier alpha value is -1.30. The lowest BCUT2D eigenvalue weighted by atomic mass is 10.1. The summed E-state index contributed by atoms with van der Waals surface area (Å²) in [6.45, 7) is 3.89. The number of anilines is 1. The SMILES string of the molecule is COCCN(CCOC)c1ccc(CNC2CC2)cc1OC. The number of methoxy groups -OCH3 is 3. The molecule has 0 radical (unpaired) electrons. The van der Waals surface area contributed by atoms with Crippen LogP contribution >= 0.6 is 0 Å². The zero-order valence-electron chi connectivity index (χ0n) is 13.9. The van der Waals surface area contributed by atoms with Crippen molar-refractivity contribution in [3.8, 4) is 5.75 Å². The van der Waals surface area contributed by atoms with Gasteiger partial charge in [0.25, 0.3) is 0 Å². The molecule has 1 N–H and O–H groups in total. The second kappa shape index (κ2) is 8.98. The number of benzene rings is 1. The van der Waals surface area contributed by atoms with Gasteiger partial charge in [0, 0.05) is 39.9 Å². The molecule has 0 spiro atoms. The maximum atomic E-state index is 5.60. The van der Waals surface area contributed by atoms with Crippen molar-refractivity contribution < 1.29 is 14.2 Å². The van der Waals surface area contributed by atoms with Crippen molar-refractivity contribution in [3.05, 3.63) is 23.8 Å². The lowest BCUT2D eigenvalue weighted by Gasteiger charge is -2.26. The van der Waals surface area contributed by atoms with E-state index in [1.807, 2.05) is 0 Å². The second-order valence-corrected chi connectivity index (χ2v) is 5.63. The Morgan fingerprint density at radius 1 is 1.09 bits per heavy atom. The van der Waals surface area contributed by atoms with E-state index in [2.05, 4.69) is 28.4 Å². The van der Waals surface area contributed by atoms with E-state index in [0.717, 1.165) is 31.1 Å². The van der Waals surface area contributed by atoms with E-state index in [1.165, 1.54) is 18.4 Å². The molecule has 0 heterocycles. The van der Waals surface area contributed by atoms with E-state index >= 15 is 0 Å². The van der Waals surface area contributed by atoms with Crippen LogP contribution in [0.5, 0.6) is 5.75 Å². The minimum atomic E-state index is 0.678. The first-order chi connectivity index (χ1) is 10.8. The molecule has 0 aliphatic heterocycles. The van der Waals surface area contributed by atoms with Gasteiger partial charge in [-0.05, 0) is 30.5 Å². The number of hydrogen-bond donors (Lipinski definition) is 1.